The van der Waals surface area contributed by atoms with Crippen molar-refractivity contribution in [3.05, 3.63) is 42.5 Å². The van der Waals surface area contributed by atoms with Crippen LogP contribution in [0.2, 0.25) is 0 Å². The molecule has 2 N–H and O–H groups in total. The van der Waals surface area contributed by atoms with Crippen molar-refractivity contribution in [1.82, 2.24) is 9.29 Å². The molecule has 3 aromatic rings. The van der Waals surface area contributed by atoms with Crippen LogP contribution < -0.4 is 10.0 Å². The summed E-state index contributed by atoms with van der Waals surface area (Å²) in [6, 6.07) is 10.4. The van der Waals surface area contributed by atoms with E-state index in [1.165, 1.54) is 47.6 Å². The van der Waals surface area contributed by atoms with E-state index >= 15 is 0 Å². The number of amides is 1. The molecule has 1 aliphatic heterocycles. The van der Waals surface area contributed by atoms with Gasteiger partial charge in [-0.25, -0.2) is 21.8 Å². The number of nitrogens with one attached hydrogen (secondary N) is 2. The van der Waals surface area contributed by atoms with Crippen LogP contribution in [-0.4, -0.2) is 45.1 Å². The van der Waals surface area contributed by atoms with E-state index in [1.54, 1.807) is 6.07 Å². The quantitative estimate of drug-likeness (QED) is 0.542. The standard InChI is InChI=1S/C20H22N4O5S3/c1-14(25)21-15-5-7-16(8-6-15)31(26,27)23-20-22-18-10-9-17(13-19(18)30-20)32(28,29)24-11-3-2-4-12-24/h5-10,13H,2-4,11-12H2,1H3,(H,21,25)(H,22,23). The highest BCUT2D eigenvalue weighted by Gasteiger charge is 2.26. The SMILES string of the molecule is CC(=O)Nc1ccc(S(=O)(=O)Nc2nc3ccc(S(=O)(=O)N4CCCCC4)cc3s2)cc1. The van der Waals surface area contributed by atoms with Gasteiger partial charge in [0.25, 0.3) is 10.0 Å². The molecule has 0 bridgehead atoms. The van der Waals surface area contributed by atoms with Crippen LogP contribution in [0.25, 0.3) is 10.2 Å². The molecule has 4 rings (SSSR count). The minimum Gasteiger partial charge on any atom is -0.326 e. The number of anilines is 2. The third-order valence-electron chi connectivity index (χ3n) is 5.02. The summed E-state index contributed by atoms with van der Waals surface area (Å²) >= 11 is 1.07. The molecule has 1 fully saturated rings. The molecule has 0 saturated carbocycles. The lowest BCUT2D eigenvalue weighted by Gasteiger charge is -2.25. The number of benzene rings is 2. The maximum Gasteiger partial charge on any atom is 0.263 e. The second-order valence-corrected chi connectivity index (χ2v) is 12.1. The number of hydrogen-bond acceptors (Lipinski definition) is 7. The Morgan fingerprint density at radius 2 is 1.62 bits per heavy atom. The molecule has 2 heterocycles. The number of carbonyl (C=O) groups excluding carboxylic acids is 1. The lowest BCUT2D eigenvalue weighted by Crippen LogP contribution is -2.35. The molecule has 2 aromatic carbocycles. The van der Waals surface area contributed by atoms with Crippen LogP contribution in [-0.2, 0) is 24.8 Å². The zero-order valence-electron chi connectivity index (χ0n) is 17.2. The van der Waals surface area contributed by atoms with Gasteiger partial charge in [0, 0.05) is 25.7 Å². The van der Waals surface area contributed by atoms with Gasteiger partial charge in [0.2, 0.25) is 15.9 Å². The first-order valence-electron chi connectivity index (χ1n) is 9.96. The van der Waals surface area contributed by atoms with Crippen molar-refractivity contribution in [3.63, 3.8) is 0 Å². The van der Waals surface area contributed by atoms with Gasteiger partial charge in [-0.1, -0.05) is 17.8 Å². The fourth-order valence-corrected chi connectivity index (χ4v) is 7.22. The Hall–Kier alpha value is -2.54. The highest BCUT2D eigenvalue weighted by molar-refractivity contribution is 7.93. The van der Waals surface area contributed by atoms with Gasteiger partial charge in [-0.15, -0.1) is 0 Å². The Bertz CT molecular complexity index is 1360. The first-order valence-corrected chi connectivity index (χ1v) is 13.7. The van der Waals surface area contributed by atoms with E-state index in [0.717, 1.165) is 30.6 Å². The van der Waals surface area contributed by atoms with Gasteiger partial charge >= 0.3 is 0 Å². The molecule has 9 nitrogen and oxygen atoms in total. The number of fused-ring (bicyclic) bond motifs is 1. The van der Waals surface area contributed by atoms with E-state index in [4.69, 9.17) is 0 Å². The van der Waals surface area contributed by atoms with Crippen molar-refractivity contribution in [3.8, 4) is 0 Å². The fourth-order valence-electron chi connectivity index (χ4n) is 3.46. The minimum absolute atomic E-state index is 0.0132. The molecule has 1 saturated heterocycles. The second kappa shape index (κ2) is 8.77. The van der Waals surface area contributed by atoms with Crippen LogP contribution in [0.15, 0.2) is 52.3 Å². The molecule has 1 aromatic heterocycles. The van der Waals surface area contributed by atoms with E-state index in [0.29, 0.717) is 29.0 Å². The number of nitrogens with zero attached hydrogens (tertiary/aromatic N) is 2. The summed E-state index contributed by atoms with van der Waals surface area (Å²) in [5.41, 5.74) is 0.991. The Morgan fingerprint density at radius 1 is 0.969 bits per heavy atom. The van der Waals surface area contributed by atoms with Crippen LogP contribution in [0.3, 0.4) is 0 Å². The van der Waals surface area contributed by atoms with Crippen molar-refractivity contribution in [2.45, 2.75) is 36.0 Å². The van der Waals surface area contributed by atoms with Crippen LogP contribution >= 0.6 is 11.3 Å². The van der Waals surface area contributed by atoms with Gasteiger partial charge in [-0.2, -0.15) is 4.31 Å². The molecule has 12 heteroatoms. The monoisotopic (exact) mass is 494 g/mol. The smallest absolute Gasteiger partial charge is 0.263 e. The Balaban J connectivity index is 1.57. The average molecular weight is 495 g/mol. The highest BCUT2D eigenvalue weighted by atomic mass is 32.2. The molecule has 0 radical (unpaired) electrons. The number of carbonyl (C=O) groups is 1. The summed E-state index contributed by atoms with van der Waals surface area (Å²) in [7, 11) is -7.49. The first kappa shape index (κ1) is 22.6. The summed E-state index contributed by atoms with van der Waals surface area (Å²) in [4.78, 5) is 15.6. The van der Waals surface area contributed by atoms with Crippen LogP contribution in [0.5, 0.6) is 0 Å². The minimum atomic E-state index is -3.90. The molecular formula is C20H22N4O5S3. The number of sulfonamides is 2. The number of aromatic nitrogens is 1. The number of hydrogen-bond donors (Lipinski definition) is 2. The molecule has 0 atom stereocenters. The maximum absolute atomic E-state index is 12.9. The second-order valence-electron chi connectivity index (χ2n) is 7.42. The van der Waals surface area contributed by atoms with Crippen molar-refractivity contribution in [1.29, 1.82) is 0 Å². The Kier molecular flexibility index (Phi) is 6.21. The zero-order chi connectivity index (χ0) is 22.9. The van der Waals surface area contributed by atoms with Gasteiger partial charge in [-0.3, -0.25) is 9.52 Å². The van der Waals surface area contributed by atoms with E-state index in [9.17, 15) is 21.6 Å². The number of rotatable bonds is 6. The lowest BCUT2D eigenvalue weighted by atomic mass is 10.2. The highest BCUT2D eigenvalue weighted by Crippen LogP contribution is 2.31. The van der Waals surface area contributed by atoms with Crippen molar-refractivity contribution < 1.29 is 21.6 Å². The fraction of sp³-hybridized carbons (Fsp3) is 0.300. The molecule has 1 amide bonds. The van der Waals surface area contributed by atoms with Crippen molar-refractivity contribution in [2.24, 2.45) is 0 Å². The van der Waals surface area contributed by atoms with Crippen LogP contribution in [0.1, 0.15) is 26.2 Å². The first-order chi connectivity index (χ1) is 15.1. The summed E-state index contributed by atoms with van der Waals surface area (Å²) in [6.45, 7) is 2.38. The van der Waals surface area contributed by atoms with E-state index in [2.05, 4.69) is 15.0 Å². The summed E-state index contributed by atoms with van der Waals surface area (Å²) < 4.78 is 55.8. The van der Waals surface area contributed by atoms with Gasteiger partial charge < -0.3 is 5.32 Å². The molecule has 1 aliphatic rings. The Labute approximate surface area is 190 Å². The van der Waals surface area contributed by atoms with Gasteiger partial charge in [0.15, 0.2) is 5.13 Å². The van der Waals surface area contributed by atoms with Crippen LogP contribution in [0.4, 0.5) is 10.8 Å². The normalized spacial score (nSPS) is 15.5. The third-order valence-corrected chi connectivity index (χ3v) is 9.33. The topological polar surface area (TPSA) is 126 Å². The third kappa shape index (κ3) is 4.77. The van der Waals surface area contributed by atoms with Gasteiger partial charge in [-0.05, 0) is 55.3 Å². The summed E-state index contributed by atoms with van der Waals surface area (Å²) in [5.74, 6) is -0.255. The van der Waals surface area contributed by atoms with Crippen LogP contribution in [0, 0.1) is 0 Å². The van der Waals surface area contributed by atoms with Gasteiger partial charge in [0.05, 0.1) is 20.0 Å². The number of piperidine rings is 1. The summed E-state index contributed by atoms with van der Waals surface area (Å²) in [6.07, 6.45) is 2.72. The van der Waals surface area contributed by atoms with E-state index < -0.39 is 20.0 Å². The maximum atomic E-state index is 12.9. The molecule has 0 unspecified atom stereocenters. The molecular weight excluding hydrogens is 472 g/mol. The van der Waals surface area contributed by atoms with E-state index in [-0.39, 0.29) is 20.8 Å². The zero-order valence-corrected chi connectivity index (χ0v) is 19.7. The molecule has 32 heavy (non-hydrogen) atoms. The molecule has 0 aliphatic carbocycles. The largest absolute Gasteiger partial charge is 0.326 e. The molecule has 0 spiro atoms. The Morgan fingerprint density at radius 3 is 2.28 bits per heavy atom. The van der Waals surface area contributed by atoms with E-state index in [1.807, 2.05) is 0 Å². The predicted molar refractivity (Wildman–Crippen MR) is 124 cm³/mol. The molecule has 170 valence electrons. The summed E-state index contributed by atoms with van der Waals surface area (Å²) in [5, 5.41) is 2.71. The number of thiazole rings is 1. The lowest BCUT2D eigenvalue weighted by molar-refractivity contribution is -0.114. The average Bonchev–Trinajstić information content (AvgIpc) is 3.15. The van der Waals surface area contributed by atoms with Gasteiger partial charge in [0.1, 0.15) is 0 Å². The predicted octanol–water partition coefficient (Wildman–Crippen LogP) is 3.23. The van der Waals surface area contributed by atoms with Crippen molar-refractivity contribution in [2.75, 3.05) is 23.1 Å². The van der Waals surface area contributed by atoms with Crippen molar-refractivity contribution >= 4 is 58.3 Å².